The van der Waals surface area contributed by atoms with Gasteiger partial charge in [0.05, 0.1) is 7.11 Å². The van der Waals surface area contributed by atoms with Gasteiger partial charge in [-0.1, -0.05) is 0 Å². The van der Waals surface area contributed by atoms with Gasteiger partial charge >= 0.3 is 5.97 Å². The number of hydrogen-bond donors (Lipinski definition) is 1. The van der Waals surface area contributed by atoms with E-state index in [9.17, 15) is 4.79 Å². The summed E-state index contributed by atoms with van der Waals surface area (Å²) in [5, 5.41) is 0. The lowest BCUT2D eigenvalue weighted by Crippen LogP contribution is -2.07. The van der Waals surface area contributed by atoms with Gasteiger partial charge < -0.3 is 9.46 Å². The van der Waals surface area contributed by atoms with Crippen LogP contribution in [0.2, 0.25) is 0 Å². The Labute approximate surface area is 63.3 Å². The molecule has 0 saturated heterocycles. The van der Waals surface area contributed by atoms with Gasteiger partial charge in [-0.05, 0) is 24.1 Å². The van der Waals surface area contributed by atoms with E-state index in [2.05, 4.69) is 9.46 Å². The van der Waals surface area contributed by atoms with Gasteiger partial charge in [0.1, 0.15) is 4.91 Å². The number of carbonyl (C=O) groups excluding carboxylic acids is 1. The first kappa shape index (κ1) is 7.21. The van der Waals surface area contributed by atoms with Gasteiger partial charge in [0.2, 0.25) is 0 Å². The number of rotatable bonds is 1. The zero-order valence-electron chi connectivity index (χ0n) is 5.46. The van der Waals surface area contributed by atoms with Crippen LogP contribution in [0, 0.1) is 0 Å². The summed E-state index contributed by atoms with van der Waals surface area (Å²) in [7, 11) is 1.36. The van der Waals surface area contributed by atoms with Crippen molar-refractivity contribution >= 4 is 17.9 Å². The maximum atomic E-state index is 10.8. The third-order valence-electron chi connectivity index (χ3n) is 0.967. The van der Waals surface area contributed by atoms with Crippen molar-refractivity contribution in [2.75, 3.05) is 7.11 Å². The predicted molar refractivity (Wildman–Crippen MR) is 40.0 cm³/mol. The topological polar surface area (TPSA) is 38.3 Å². The second kappa shape index (κ2) is 3.31. The molecule has 0 fully saturated rings. The van der Waals surface area contributed by atoms with Crippen LogP contribution in [0.15, 0.2) is 23.3 Å². The Kier molecular flexibility index (Phi) is 2.39. The van der Waals surface area contributed by atoms with Crippen molar-refractivity contribution in [1.29, 1.82) is 0 Å². The van der Waals surface area contributed by atoms with Gasteiger partial charge in [0.15, 0.2) is 0 Å². The van der Waals surface area contributed by atoms with E-state index in [0.29, 0.717) is 4.91 Å². The minimum absolute atomic E-state index is 0.304. The summed E-state index contributed by atoms with van der Waals surface area (Å²) >= 11 is 1.25. The average Bonchev–Trinajstić information content (AvgIpc) is 2.05. The number of allylic oxidation sites excluding steroid dienone is 2. The molecule has 0 aromatic heterocycles. The summed E-state index contributed by atoms with van der Waals surface area (Å²) in [6.45, 7) is 0. The molecule has 0 amide bonds. The fourth-order valence-electron chi connectivity index (χ4n) is 0.517. The van der Waals surface area contributed by atoms with Crippen LogP contribution in [0.25, 0.3) is 0 Å². The minimum atomic E-state index is -0.304. The van der Waals surface area contributed by atoms with Gasteiger partial charge in [0.25, 0.3) is 0 Å². The van der Waals surface area contributed by atoms with Gasteiger partial charge in [-0.15, -0.1) is 0 Å². The lowest BCUT2D eigenvalue weighted by molar-refractivity contribution is -0.135. The van der Waals surface area contributed by atoms with Crippen LogP contribution in [0.4, 0.5) is 0 Å². The third-order valence-corrected chi connectivity index (χ3v) is 1.74. The summed E-state index contributed by atoms with van der Waals surface area (Å²) < 4.78 is 7.30. The van der Waals surface area contributed by atoms with Crippen LogP contribution in [0.1, 0.15) is 0 Å². The number of esters is 1. The average molecular weight is 157 g/mol. The van der Waals surface area contributed by atoms with E-state index >= 15 is 0 Å². The monoisotopic (exact) mass is 157 g/mol. The highest BCUT2D eigenvalue weighted by atomic mass is 32.2. The standard InChI is InChI=1S/C6H7NO2S/c1-9-6(8)5-3-2-4-7-10-5/h2-4,7H,1H3. The first-order valence-corrected chi connectivity index (χ1v) is 3.54. The van der Waals surface area contributed by atoms with E-state index in [4.69, 9.17) is 0 Å². The van der Waals surface area contributed by atoms with Crippen LogP contribution < -0.4 is 4.72 Å². The zero-order chi connectivity index (χ0) is 7.40. The summed E-state index contributed by atoms with van der Waals surface area (Å²) in [5.41, 5.74) is 0. The van der Waals surface area contributed by atoms with Crippen molar-refractivity contribution in [3.8, 4) is 0 Å². The highest BCUT2D eigenvalue weighted by Crippen LogP contribution is 2.15. The maximum absolute atomic E-state index is 10.8. The molecule has 0 bridgehead atoms. The summed E-state index contributed by atoms with van der Waals surface area (Å²) in [6.07, 6.45) is 5.20. The Morgan fingerprint density at radius 2 is 2.60 bits per heavy atom. The van der Waals surface area contributed by atoms with Crippen LogP contribution in [0.3, 0.4) is 0 Å². The van der Waals surface area contributed by atoms with E-state index in [1.165, 1.54) is 19.1 Å². The molecule has 3 nitrogen and oxygen atoms in total. The van der Waals surface area contributed by atoms with E-state index in [1.54, 1.807) is 18.4 Å². The molecule has 1 heterocycles. The normalized spacial score (nSPS) is 15.5. The van der Waals surface area contributed by atoms with Gasteiger partial charge in [-0.3, -0.25) is 0 Å². The largest absolute Gasteiger partial charge is 0.465 e. The third kappa shape index (κ3) is 1.54. The van der Waals surface area contributed by atoms with Crippen molar-refractivity contribution in [1.82, 2.24) is 4.72 Å². The number of carbonyl (C=O) groups is 1. The van der Waals surface area contributed by atoms with E-state index in [1.807, 2.05) is 0 Å². The van der Waals surface area contributed by atoms with Crippen molar-refractivity contribution in [2.24, 2.45) is 0 Å². The van der Waals surface area contributed by atoms with Gasteiger partial charge in [-0.2, -0.15) is 0 Å². The van der Waals surface area contributed by atoms with Crippen LogP contribution in [-0.4, -0.2) is 13.1 Å². The fraction of sp³-hybridized carbons (Fsp3) is 0.167. The Morgan fingerprint density at radius 3 is 3.10 bits per heavy atom. The molecule has 4 heteroatoms. The first-order valence-electron chi connectivity index (χ1n) is 2.72. The van der Waals surface area contributed by atoms with Crippen LogP contribution >= 0.6 is 11.9 Å². The Bertz CT molecular complexity index is 198. The molecular weight excluding hydrogens is 150 g/mol. The summed E-state index contributed by atoms with van der Waals surface area (Å²) in [6, 6.07) is 0. The first-order chi connectivity index (χ1) is 4.84. The molecular formula is C6H7NO2S. The molecule has 0 aromatic carbocycles. The molecule has 1 N–H and O–H groups in total. The highest BCUT2D eigenvalue weighted by Gasteiger charge is 2.09. The molecule has 0 aliphatic carbocycles. The summed E-state index contributed by atoms with van der Waals surface area (Å²) in [5.74, 6) is -0.304. The Hall–Kier alpha value is -0.900. The van der Waals surface area contributed by atoms with Crippen LogP contribution in [0.5, 0.6) is 0 Å². The second-order valence-electron chi connectivity index (χ2n) is 1.60. The van der Waals surface area contributed by atoms with Gasteiger partial charge in [-0.25, -0.2) is 4.79 Å². The van der Waals surface area contributed by atoms with Crippen molar-refractivity contribution in [2.45, 2.75) is 0 Å². The molecule has 0 radical (unpaired) electrons. The lowest BCUT2D eigenvalue weighted by atomic mass is 10.5. The number of methoxy groups -OCH3 is 1. The van der Waals surface area contributed by atoms with E-state index in [0.717, 1.165) is 0 Å². The smallest absolute Gasteiger partial charge is 0.346 e. The number of nitrogens with one attached hydrogen (secondary N) is 1. The molecule has 0 unspecified atom stereocenters. The fourth-order valence-corrected chi connectivity index (χ4v) is 1.10. The molecule has 0 spiro atoms. The van der Waals surface area contributed by atoms with Crippen molar-refractivity contribution in [3.63, 3.8) is 0 Å². The molecule has 0 atom stereocenters. The Balaban J connectivity index is 2.62. The van der Waals surface area contributed by atoms with E-state index < -0.39 is 0 Å². The quantitative estimate of drug-likeness (QED) is 0.451. The SMILES string of the molecule is COC(=O)C1=CC=CNS1. The Morgan fingerprint density at radius 1 is 1.80 bits per heavy atom. The molecule has 1 aliphatic heterocycles. The number of hydrogen-bond acceptors (Lipinski definition) is 4. The van der Waals surface area contributed by atoms with Crippen LogP contribution in [-0.2, 0) is 9.53 Å². The molecule has 10 heavy (non-hydrogen) atoms. The van der Waals surface area contributed by atoms with E-state index in [-0.39, 0.29) is 5.97 Å². The van der Waals surface area contributed by atoms with Crippen molar-refractivity contribution in [3.05, 3.63) is 23.3 Å². The number of ether oxygens (including phenoxy) is 1. The molecule has 0 aromatic rings. The molecule has 0 saturated carbocycles. The second-order valence-corrected chi connectivity index (χ2v) is 2.48. The van der Waals surface area contributed by atoms with Crippen molar-refractivity contribution < 1.29 is 9.53 Å². The zero-order valence-corrected chi connectivity index (χ0v) is 6.27. The minimum Gasteiger partial charge on any atom is -0.465 e. The summed E-state index contributed by atoms with van der Waals surface area (Å²) in [4.78, 5) is 11.4. The predicted octanol–water partition coefficient (Wildman–Crippen LogP) is 0.808. The molecule has 54 valence electrons. The van der Waals surface area contributed by atoms with Gasteiger partial charge in [0, 0.05) is 6.20 Å². The highest BCUT2D eigenvalue weighted by molar-refractivity contribution is 8.02. The molecule has 1 aliphatic rings. The molecule has 1 rings (SSSR count). The maximum Gasteiger partial charge on any atom is 0.346 e. The lowest BCUT2D eigenvalue weighted by Gasteiger charge is -2.05.